The largest absolute Gasteiger partial charge is 0.465 e. The molecule has 0 aliphatic carbocycles. The van der Waals surface area contributed by atoms with E-state index in [9.17, 15) is 36.2 Å². The van der Waals surface area contributed by atoms with Crippen molar-refractivity contribution in [3.63, 3.8) is 0 Å². The number of aliphatic hydroxyl groups is 1. The Morgan fingerprint density at radius 3 is 2.00 bits per heavy atom. The second kappa shape index (κ2) is 8.41. The van der Waals surface area contributed by atoms with Crippen LogP contribution in [0.1, 0.15) is 23.6 Å². The molecule has 0 atom stereocenters. The minimum Gasteiger partial charge on any atom is -0.465 e. The molecule has 0 unspecified atom stereocenters. The molecule has 2 aromatic carbocycles. The number of alkyl halides is 6. The van der Waals surface area contributed by atoms with Crippen molar-refractivity contribution in [2.75, 3.05) is 26.2 Å². The van der Waals surface area contributed by atoms with Gasteiger partial charge in [-0.05, 0) is 28.7 Å². The Hall–Kier alpha value is -2.79. The molecule has 11 heteroatoms. The first kappa shape index (κ1) is 25.3. The van der Waals surface area contributed by atoms with Gasteiger partial charge in [-0.2, -0.15) is 26.3 Å². The molecule has 0 saturated carbocycles. The number of benzene rings is 2. The van der Waals surface area contributed by atoms with E-state index in [1.54, 1.807) is 6.07 Å². The highest BCUT2D eigenvalue weighted by Crippen LogP contribution is 2.50. The summed E-state index contributed by atoms with van der Waals surface area (Å²) in [5.41, 5.74) is -3.20. The number of carbonyl (C=O) groups is 1. The van der Waals surface area contributed by atoms with Gasteiger partial charge in [-0.3, -0.25) is 4.90 Å². The number of hydrogen-bond donors (Lipinski definition) is 2. The number of halogens is 6. The van der Waals surface area contributed by atoms with Crippen molar-refractivity contribution in [3.05, 3.63) is 59.2 Å². The van der Waals surface area contributed by atoms with Crippen molar-refractivity contribution >= 4 is 6.09 Å². The van der Waals surface area contributed by atoms with Gasteiger partial charge in [-0.25, -0.2) is 4.79 Å². The molecule has 0 aromatic heterocycles. The molecule has 190 valence electrons. The summed E-state index contributed by atoms with van der Waals surface area (Å²) < 4.78 is 78.8. The van der Waals surface area contributed by atoms with Crippen LogP contribution >= 0.6 is 0 Å². The van der Waals surface area contributed by atoms with Gasteiger partial charge < -0.3 is 15.1 Å². The minimum atomic E-state index is -5.93. The molecule has 35 heavy (non-hydrogen) atoms. The monoisotopic (exact) mass is 502 g/mol. The first-order chi connectivity index (χ1) is 16.2. The van der Waals surface area contributed by atoms with E-state index >= 15 is 0 Å². The molecule has 2 saturated heterocycles. The summed E-state index contributed by atoms with van der Waals surface area (Å²) >= 11 is 0. The summed E-state index contributed by atoms with van der Waals surface area (Å²) in [6.45, 7) is 5.21. The predicted molar refractivity (Wildman–Crippen MR) is 115 cm³/mol. The van der Waals surface area contributed by atoms with E-state index in [-0.39, 0.29) is 5.41 Å². The van der Waals surface area contributed by atoms with Gasteiger partial charge in [-0.15, -0.1) is 0 Å². The molecule has 0 bridgehead atoms. The quantitative estimate of drug-likeness (QED) is 0.564. The second-order valence-electron chi connectivity index (χ2n) is 9.41. The van der Waals surface area contributed by atoms with E-state index in [4.69, 9.17) is 5.11 Å². The van der Waals surface area contributed by atoms with Crippen molar-refractivity contribution in [3.8, 4) is 11.1 Å². The number of aryl methyl sites for hydroxylation is 1. The summed E-state index contributed by atoms with van der Waals surface area (Å²) in [5, 5.41) is 18.6. The van der Waals surface area contributed by atoms with Crippen molar-refractivity contribution in [1.29, 1.82) is 0 Å². The molecular formula is C24H24F6N2O3. The molecule has 0 radical (unpaired) electrons. The van der Waals surface area contributed by atoms with Crippen LogP contribution in [0.4, 0.5) is 31.1 Å². The minimum absolute atomic E-state index is 0.0302. The van der Waals surface area contributed by atoms with E-state index in [2.05, 4.69) is 4.90 Å². The Balaban J connectivity index is 1.49. The van der Waals surface area contributed by atoms with E-state index in [1.807, 2.05) is 19.1 Å². The van der Waals surface area contributed by atoms with Crippen LogP contribution in [-0.4, -0.2) is 64.6 Å². The van der Waals surface area contributed by atoms with E-state index < -0.39 is 29.6 Å². The van der Waals surface area contributed by atoms with Crippen LogP contribution in [0, 0.1) is 5.41 Å². The molecular weight excluding hydrogens is 478 g/mol. The Bertz CT molecular complexity index is 1090. The van der Waals surface area contributed by atoms with Gasteiger partial charge in [0.15, 0.2) is 0 Å². The average molecular weight is 502 g/mol. The Morgan fingerprint density at radius 1 is 0.943 bits per heavy atom. The lowest BCUT2D eigenvalue weighted by Crippen LogP contribution is -2.72. The molecule has 1 amide bonds. The maximum absolute atomic E-state index is 13.1. The van der Waals surface area contributed by atoms with Crippen LogP contribution in [-0.2, 0) is 18.6 Å². The van der Waals surface area contributed by atoms with E-state index in [0.717, 1.165) is 36.3 Å². The number of likely N-dealkylation sites (tertiary alicyclic amines) is 2. The summed E-state index contributed by atoms with van der Waals surface area (Å²) in [4.78, 5) is 14.5. The Kier molecular flexibility index (Phi) is 6.08. The number of carboxylic acid groups (broad SMARTS) is 1. The first-order valence-corrected chi connectivity index (χ1v) is 11.0. The lowest BCUT2D eigenvalue weighted by Gasteiger charge is -2.59. The van der Waals surface area contributed by atoms with Gasteiger partial charge in [0.05, 0.1) is 0 Å². The topological polar surface area (TPSA) is 64.0 Å². The van der Waals surface area contributed by atoms with Gasteiger partial charge >= 0.3 is 18.4 Å². The molecule has 2 heterocycles. The van der Waals surface area contributed by atoms with Crippen LogP contribution in [0.5, 0.6) is 0 Å². The second-order valence-corrected chi connectivity index (χ2v) is 9.41. The number of rotatable bonds is 5. The standard InChI is InChI=1S/C24H24F6N2O3/c1-2-16-9-15(10-31-11-21(12-31)13-32(14-21)20(33)34)3-8-19(16)17-4-6-18(7-5-17)22(35,23(25,26)27)24(28,29)30/h3-9,35H,2,10-14H2,1H3,(H,33,34). The molecule has 2 N–H and O–H groups in total. The van der Waals surface area contributed by atoms with Crippen molar-refractivity contribution < 1.29 is 41.4 Å². The molecule has 2 aliphatic rings. The van der Waals surface area contributed by atoms with Gasteiger partial charge in [0, 0.05) is 43.7 Å². The van der Waals surface area contributed by atoms with E-state index in [1.165, 1.54) is 4.90 Å². The third-order valence-electron chi connectivity index (χ3n) is 6.83. The van der Waals surface area contributed by atoms with Crippen LogP contribution in [0.3, 0.4) is 0 Å². The maximum Gasteiger partial charge on any atom is 0.430 e. The zero-order valence-corrected chi connectivity index (χ0v) is 18.7. The number of hydrogen-bond acceptors (Lipinski definition) is 3. The summed E-state index contributed by atoms with van der Waals surface area (Å²) in [6.07, 6.45) is -12.2. The normalized spacial score (nSPS) is 18.3. The van der Waals surface area contributed by atoms with Gasteiger partial charge in [0.2, 0.25) is 0 Å². The highest BCUT2D eigenvalue weighted by molar-refractivity contribution is 5.68. The predicted octanol–water partition coefficient (Wildman–Crippen LogP) is 5.02. The van der Waals surface area contributed by atoms with Crippen molar-refractivity contribution in [1.82, 2.24) is 9.80 Å². The molecule has 4 rings (SSSR count). The van der Waals surface area contributed by atoms with Gasteiger partial charge in [0.25, 0.3) is 5.60 Å². The van der Waals surface area contributed by atoms with Crippen LogP contribution in [0.2, 0.25) is 0 Å². The fraction of sp³-hybridized carbons (Fsp3) is 0.458. The molecule has 2 aromatic rings. The molecule has 5 nitrogen and oxygen atoms in total. The van der Waals surface area contributed by atoms with Crippen molar-refractivity contribution in [2.45, 2.75) is 37.8 Å². The Morgan fingerprint density at radius 2 is 1.51 bits per heavy atom. The zero-order chi connectivity index (χ0) is 25.8. The SMILES string of the molecule is CCc1cc(CN2CC3(C2)CN(C(=O)O)C3)ccc1-c1ccc(C(O)(C(F)(F)F)C(F)(F)F)cc1. The van der Waals surface area contributed by atoms with Crippen LogP contribution in [0.15, 0.2) is 42.5 Å². The van der Waals surface area contributed by atoms with Crippen molar-refractivity contribution in [2.24, 2.45) is 5.41 Å². The molecule has 2 fully saturated rings. The fourth-order valence-corrected chi connectivity index (χ4v) is 5.07. The van der Waals surface area contributed by atoms with Crippen LogP contribution in [0.25, 0.3) is 11.1 Å². The third kappa shape index (κ3) is 4.35. The smallest absolute Gasteiger partial charge is 0.430 e. The zero-order valence-electron chi connectivity index (χ0n) is 18.7. The summed E-state index contributed by atoms with van der Waals surface area (Å²) in [7, 11) is 0. The van der Waals surface area contributed by atoms with Gasteiger partial charge in [0.1, 0.15) is 0 Å². The summed E-state index contributed by atoms with van der Waals surface area (Å²) in [6, 6.07) is 9.21. The highest BCUT2D eigenvalue weighted by atomic mass is 19.4. The Labute approximate surface area is 197 Å². The average Bonchev–Trinajstić information content (AvgIpc) is 2.72. The van der Waals surface area contributed by atoms with E-state index in [0.29, 0.717) is 49.3 Å². The summed E-state index contributed by atoms with van der Waals surface area (Å²) in [5.74, 6) is 0. The highest BCUT2D eigenvalue weighted by Gasteiger charge is 2.71. The fourth-order valence-electron chi connectivity index (χ4n) is 5.07. The number of amides is 1. The van der Waals surface area contributed by atoms with Gasteiger partial charge in [-0.1, -0.05) is 49.4 Å². The number of nitrogens with zero attached hydrogens (tertiary/aromatic N) is 2. The lowest BCUT2D eigenvalue weighted by atomic mass is 9.73. The molecule has 2 aliphatic heterocycles. The maximum atomic E-state index is 13.1. The van der Waals surface area contributed by atoms with Crippen LogP contribution < -0.4 is 0 Å². The third-order valence-corrected chi connectivity index (χ3v) is 6.83. The molecule has 1 spiro atoms. The first-order valence-electron chi connectivity index (χ1n) is 11.0. The lowest BCUT2D eigenvalue weighted by molar-refractivity contribution is -0.376.